The van der Waals surface area contributed by atoms with E-state index in [1.165, 1.54) is 4.57 Å². The number of hydrogen-bond donors (Lipinski definition) is 1. The molecule has 3 aromatic rings. The fourth-order valence-corrected chi connectivity index (χ4v) is 6.06. The Bertz CT molecular complexity index is 1710. The van der Waals surface area contributed by atoms with E-state index < -0.39 is 24.0 Å². The lowest BCUT2D eigenvalue weighted by atomic mass is 9.89. The van der Waals surface area contributed by atoms with Crippen LogP contribution in [0.2, 0.25) is 5.02 Å². The lowest BCUT2D eigenvalue weighted by Gasteiger charge is -2.38. The van der Waals surface area contributed by atoms with Gasteiger partial charge in [0.05, 0.1) is 29.3 Å². The predicted octanol–water partition coefficient (Wildman–Crippen LogP) is 5.65. The van der Waals surface area contributed by atoms with Gasteiger partial charge in [0.15, 0.2) is 11.6 Å². The highest BCUT2D eigenvalue weighted by molar-refractivity contribution is 6.33. The summed E-state index contributed by atoms with van der Waals surface area (Å²) >= 11 is 6.55. The minimum Gasteiger partial charge on any atom is -0.485 e. The molecule has 11 nitrogen and oxygen atoms in total. The highest BCUT2D eigenvalue weighted by atomic mass is 35.5. The van der Waals surface area contributed by atoms with Gasteiger partial charge in [0, 0.05) is 49.6 Å². The first kappa shape index (κ1) is 33.3. The van der Waals surface area contributed by atoms with Crippen LogP contribution in [0.3, 0.4) is 0 Å². The lowest BCUT2D eigenvalue weighted by molar-refractivity contribution is -0.0558. The summed E-state index contributed by atoms with van der Waals surface area (Å²) in [4.78, 5) is 33.9. The number of pyridine rings is 2. The van der Waals surface area contributed by atoms with Crippen molar-refractivity contribution >= 4 is 45.9 Å². The molecular formula is C33H40ClFN6O5. The van der Waals surface area contributed by atoms with Crippen molar-refractivity contribution in [2.45, 2.75) is 52.5 Å². The van der Waals surface area contributed by atoms with Crippen molar-refractivity contribution in [1.82, 2.24) is 14.5 Å². The number of carbonyl (C=O) groups excluding carboxylic acids is 1. The Balaban J connectivity index is 1.35. The number of nitriles is 1. The van der Waals surface area contributed by atoms with Gasteiger partial charge in [0.1, 0.15) is 36.4 Å². The molecule has 5 rings (SSSR count). The Morgan fingerprint density at radius 3 is 2.59 bits per heavy atom. The van der Waals surface area contributed by atoms with E-state index in [1.807, 2.05) is 45.6 Å². The lowest BCUT2D eigenvalue weighted by Crippen LogP contribution is -2.49. The fourth-order valence-electron chi connectivity index (χ4n) is 5.86. The molecule has 4 heterocycles. The summed E-state index contributed by atoms with van der Waals surface area (Å²) in [5.41, 5.74) is 0.731. The van der Waals surface area contributed by atoms with Gasteiger partial charge in [-0.05, 0) is 51.1 Å². The van der Waals surface area contributed by atoms with Crippen molar-refractivity contribution < 1.29 is 23.4 Å². The molecule has 0 bridgehead atoms. The highest BCUT2D eigenvalue weighted by Crippen LogP contribution is 2.34. The number of fused-ring (bicyclic) bond motifs is 1. The van der Waals surface area contributed by atoms with Crippen LogP contribution in [0.15, 0.2) is 35.1 Å². The van der Waals surface area contributed by atoms with Crippen LogP contribution in [0.25, 0.3) is 10.9 Å². The van der Waals surface area contributed by atoms with Crippen molar-refractivity contribution in [2.75, 3.05) is 49.6 Å². The number of halogens is 2. The first-order valence-electron chi connectivity index (χ1n) is 15.4. The third kappa shape index (κ3) is 7.32. The van der Waals surface area contributed by atoms with E-state index in [1.54, 1.807) is 36.2 Å². The Morgan fingerprint density at radius 1 is 1.20 bits per heavy atom. The molecule has 2 aliphatic heterocycles. The van der Waals surface area contributed by atoms with Crippen LogP contribution in [0, 0.1) is 23.2 Å². The zero-order valence-corrected chi connectivity index (χ0v) is 27.7. The maximum Gasteiger partial charge on any atom is 0.410 e. The van der Waals surface area contributed by atoms with E-state index in [4.69, 9.17) is 30.8 Å². The zero-order valence-electron chi connectivity index (χ0n) is 27.0. The van der Waals surface area contributed by atoms with Gasteiger partial charge in [0.25, 0.3) is 5.56 Å². The van der Waals surface area contributed by atoms with Crippen LogP contribution in [-0.4, -0.2) is 77.8 Å². The second kappa shape index (κ2) is 13.3. The normalized spacial score (nSPS) is 22.0. The summed E-state index contributed by atoms with van der Waals surface area (Å²) in [7, 11) is 1.67. The van der Waals surface area contributed by atoms with Crippen molar-refractivity contribution in [3.63, 3.8) is 0 Å². The van der Waals surface area contributed by atoms with Gasteiger partial charge in [-0.2, -0.15) is 5.26 Å². The molecule has 2 fully saturated rings. The van der Waals surface area contributed by atoms with Gasteiger partial charge in [-0.15, -0.1) is 0 Å². The molecule has 46 heavy (non-hydrogen) atoms. The molecule has 246 valence electrons. The minimum absolute atomic E-state index is 0.0718. The van der Waals surface area contributed by atoms with Crippen molar-refractivity contribution in [3.05, 3.63) is 51.3 Å². The maximum absolute atomic E-state index is 14.5. The van der Waals surface area contributed by atoms with Gasteiger partial charge < -0.3 is 33.9 Å². The zero-order chi connectivity index (χ0) is 33.3. The summed E-state index contributed by atoms with van der Waals surface area (Å²) in [6.07, 6.45) is -1.77. The Labute approximate surface area is 272 Å². The van der Waals surface area contributed by atoms with Crippen molar-refractivity contribution in [1.29, 1.82) is 5.26 Å². The molecule has 2 unspecified atom stereocenters. The SMILES string of the molecule is C[C@@H]1CN(c2nc(Nc3ccc4c(c3)cc(OCC3CN(C(=O)OC(C)(C)C)CCO3)c(=O)n4C)c(Cl)cc2C#N)C[C@H](C)C1F. The average Bonchev–Trinajstić information content (AvgIpc) is 3.00. The molecule has 0 saturated carbocycles. The van der Waals surface area contributed by atoms with Crippen LogP contribution in [0.1, 0.15) is 40.2 Å². The number of nitrogens with zero attached hydrogens (tertiary/aromatic N) is 5. The molecule has 13 heteroatoms. The summed E-state index contributed by atoms with van der Waals surface area (Å²) in [6.45, 7) is 11.1. The van der Waals surface area contributed by atoms with Gasteiger partial charge in [0.2, 0.25) is 0 Å². The predicted molar refractivity (Wildman–Crippen MR) is 175 cm³/mol. The minimum atomic E-state index is -0.920. The van der Waals surface area contributed by atoms with Crippen LogP contribution < -0.4 is 20.5 Å². The number of alkyl halides is 1. The van der Waals surface area contributed by atoms with E-state index in [2.05, 4.69) is 11.4 Å². The molecule has 1 aromatic carbocycles. The number of hydrogen-bond acceptors (Lipinski definition) is 9. The average molecular weight is 655 g/mol. The number of nitrogens with one attached hydrogen (secondary N) is 1. The molecule has 1 amide bonds. The number of benzene rings is 1. The number of ether oxygens (including phenoxy) is 3. The summed E-state index contributed by atoms with van der Waals surface area (Å²) in [5, 5.41) is 14.0. The van der Waals surface area contributed by atoms with Crippen LogP contribution in [0.5, 0.6) is 5.75 Å². The van der Waals surface area contributed by atoms with Gasteiger partial charge in [-0.3, -0.25) is 4.79 Å². The second-order valence-electron chi connectivity index (χ2n) is 13.1. The Morgan fingerprint density at radius 2 is 1.91 bits per heavy atom. The van der Waals surface area contributed by atoms with E-state index in [9.17, 15) is 19.2 Å². The van der Waals surface area contributed by atoms with Gasteiger partial charge in [-0.1, -0.05) is 25.4 Å². The van der Waals surface area contributed by atoms with Crippen molar-refractivity contribution in [3.8, 4) is 11.8 Å². The van der Waals surface area contributed by atoms with Crippen molar-refractivity contribution in [2.24, 2.45) is 18.9 Å². The Kier molecular flexibility index (Phi) is 9.65. The quantitative estimate of drug-likeness (QED) is 0.359. The number of anilines is 3. The molecule has 2 aliphatic rings. The van der Waals surface area contributed by atoms with E-state index in [0.29, 0.717) is 54.6 Å². The standard InChI is InChI=1S/C33H40ClFN6O5/c1-19-15-41(16-20(2)28(19)35)30-22(14-36)12-25(34)29(38-30)37-23-7-8-26-21(11-23)13-27(31(42)39(26)6)45-18-24-17-40(9-10-44-24)32(43)46-33(3,4)5/h7-8,11-13,19-20,24,28H,9-10,15-18H2,1-6H3,(H,37,38)/t19-,20+,24?,28?. The van der Waals surface area contributed by atoms with Gasteiger partial charge in [-0.25, -0.2) is 14.2 Å². The molecule has 1 N–H and O–H groups in total. The highest BCUT2D eigenvalue weighted by Gasteiger charge is 2.34. The maximum atomic E-state index is 14.5. The summed E-state index contributed by atoms with van der Waals surface area (Å²) < 4.78 is 33.3. The number of aromatic nitrogens is 2. The number of rotatable bonds is 6. The monoisotopic (exact) mass is 654 g/mol. The smallest absolute Gasteiger partial charge is 0.410 e. The first-order valence-corrected chi connectivity index (χ1v) is 15.7. The summed E-state index contributed by atoms with van der Waals surface area (Å²) in [6, 6.07) is 10.9. The second-order valence-corrected chi connectivity index (χ2v) is 13.5. The molecule has 2 saturated heterocycles. The third-order valence-corrected chi connectivity index (χ3v) is 8.44. The number of amides is 1. The molecule has 0 radical (unpaired) electrons. The number of carbonyl (C=O) groups is 1. The van der Waals surface area contributed by atoms with E-state index in [0.717, 1.165) is 5.39 Å². The van der Waals surface area contributed by atoms with E-state index >= 15 is 0 Å². The topological polar surface area (TPSA) is 122 Å². The van der Waals surface area contributed by atoms with Crippen LogP contribution in [-0.2, 0) is 16.5 Å². The van der Waals surface area contributed by atoms with Crippen LogP contribution in [0.4, 0.5) is 26.5 Å². The van der Waals surface area contributed by atoms with Gasteiger partial charge >= 0.3 is 6.09 Å². The largest absolute Gasteiger partial charge is 0.485 e. The fraction of sp³-hybridized carbons (Fsp3) is 0.515. The number of morpholine rings is 1. The molecule has 2 aromatic heterocycles. The molecule has 0 spiro atoms. The first-order chi connectivity index (χ1) is 21.7. The molecule has 4 atom stereocenters. The molecule has 0 aliphatic carbocycles. The summed E-state index contributed by atoms with van der Waals surface area (Å²) in [5.74, 6) is 0.529. The Hall–Kier alpha value is -4.08. The molecular weight excluding hydrogens is 615 g/mol. The third-order valence-electron chi connectivity index (χ3n) is 8.15. The number of piperidine rings is 1. The van der Waals surface area contributed by atoms with E-state index in [-0.39, 0.29) is 41.3 Å². The van der Waals surface area contributed by atoms with Crippen LogP contribution >= 0.6 is 11.6 Å². The number of aryl methyl sites for hydroxylation is 1.